The molecule has 0 unspecified atom stereocenters. The molecule has 3 aromatic rings. The van der Waals surface area contributed by atoms with Gasteiger partial charge in [0, 0.05) is 28.5 Å². The van der Waals surface area contributed by atoms with E-state index in [1.165, 1.54) is 0 Å². The molecule has 0 radical (unpaired) electrons. The van der Waals surface area contributed by atoms with E-state index in [1.54, 1.807) is 18.0 Å². The first kappa shape index (κ1) is 16.3. The molecular formula is C16H17BrN4OS. The number of aromatic nitrogens is 4. The van der Waals surface area contributed by atoms with Crippen LogP contribution in [-0.4, -0.2) is 19.7 Å². The molecule has 0 bridgehead atoms. The Labute approximate surface area is 147 Å². The number of rotatable bonds is 5. The van der Waals surface area contributed by atoms with Crippen LogP contribution in [0.15, 0.2) is 50.8 Å². The summed E-state index contributed by atoms with van der Waals surface area (Å²) in [6.07, 6.45) is 3.75. The maximum Gasteiger partial charge on any atom is 0.239 e. The molecule has 5 nitrogen and oxygen atoms in total. The van der Waals surface area contributed by atoms with E-state index in [9.17, 15) is 0 Å². The number of nitrogens with zero attached hydrogens (tertiary/aromatic N) is 4. The van der Waals surface area contributed by atoms with Gasteiger partial charge in [-0.05, 0) is 31.2 Å². The van der Waals surface area contributed by atoms with Gasteiger partial charge in [0.1, 0.15) is 0 Å². The van der Waals surface area contributed by atoms with Gasteiger partial charge in [0.2, 0.25) is 5.89 Å². The van der Waals surface area contributed by atoms with Gasteiger partial charge in [0.15, 0.2) is 11.0 Å². The van der Waals surface area contributed by atoms with Crippen molar-refractivity contribution in [3.63, 3.8) is 0 Å². The van der Waals surface area contributed by atoms with Crippen molar-refractivity contribution in [2.75, 3.05) is 0 Å². The number of halogens is 1. The van der Waals surface area contributed by atoms with Crippen molar-refractivity contribution in [3.8, 4) is 5.69 Å². The Bertz CT molecular complexity index is 781. The van der Waals surface area contributed by atoms with Gasteiger partial charge in [-0.15, -0.1) is 0 Å². The topological polar surface area (TPSA) is 56.7 Å². The molecule has 0 aliphatic rings. The maximum atomic E-state index is 5.37. The molecule has 7 heteroatoms. The molecule has 0 spiro atoms. The van der Waals surface area contributed by atoms with Crippen molar-refractivity contribution < 1.29 is 4.52 Å². The lowest BCUT2D eigenvalue weighted by Crippen LogP contribution is -1.98. The van der Waals surface area contributed by atoms with Crippen molar-refractivity contribution in [3.05, 3.63) is 52.8 Å². The van der Waals surface area contributed by atoms with Crippen LogP contribution in [0.4, 0.5) is 0 Å². The maximum absolute atomic E-state index is 5.37. The first-order valence-electron chi connectivity index (χ1n) is 7.34. The molecule has 0 aliphatic carbocycles. The average molecular weight is 393 g/mol. The van der Waals surface area contributed by atoms with Crippen LogP contribution in [0.25, 0.3) is 5.69 Å². The van der Waals surface area contributed by atoms with Crippen LogP contribution >= 0.6 is 27.7 Å². The molecule has 0 fully saturated rings. The zero-order valence-electron chi connectivity index (χ0n) is 13.1. The highest BCUT2D eigenvalue weighted by atomic mass is 79.9. The quantitative estimate of drug-likeness (QED) is 0.572. The van der Waals surface area contributed by atoms with Crippen molar-refractivity contribution in [1.29, 1.82) is 0 Å². The third-order valence-corrected chi connectivity index (χ3v) is 4.91. The average Bonchev–Trinajstić information content (AvgIpc) is 3.17. The van der Waals surface area contributed by atoms with Crippen LogP contribution in [0.1, 0.15) is 43.7 Å². The minimum atomic E-state index is 0.0339. The third-order valence-electron chi connectivity index (χ3n) is 3.32. The highest BCUT2D eigenvalue weighted by Crippen LogP contribution is 2.34. The highest BCUT2D eigenvalue weighted by Gasteiger charge is 2.19. The van der Waals surface area contributed by atoms with Crippen LogP contribution in [0, 0.1) is 0 Å². The van der Waals surface area contributed by atoms with E-state index in [-0.39, 0.29) is 11.2 Å². The lowest BCUT2D eigenvalue weighted by atomic mass is 10.2. The molecule has 0 saturated carbocycles. The Hall–Kier alpha value is -1.60. The van der Waals surface area contributed by atoms with Crippen LogP contribution < -0.4 is 0 Å². The van der Waals surface area contributed by atoms with E-state index in [0.717, 1.165) is 21.1 Å². The lowest BCUT2D eigenvalue weighted by molar-refractivity contribution is 0.373. The minimum absolute atomic E-state index is 0.0339. The summed E-state index contributed by atoms with van der Waals surface area (Å²) in [6, 6.07) is 8.12. The molecule has 3 rings (SSSR count). The van der Waals surface area contributed by atoms with Crippen molar-refractivity contribution in [1.82, 2.24) is 19.7 Å². The second-order valence-corrected chi connectivity index (χ2v) is 7.69. The van der Waals surface area contributed by atoms with Crippen molar-refractivity contribution in [2.45, 2.75) is 37.1 Å². The van der Waals surface area contributed by atoms with Crippen LogP contribution in [-0.2, 0) is 0 Å². The lowest BCUT2D eigenvalue weighted by Gasteiger charge is -2.10. The first-order valence-corrected chi connectivity index (χ1v) is 9.01. The Morgan fingerprint density at radius 1 is 1.17 bits per heavy atom. The molecule has 2 heterocycles. The standard InChI is InChI=1S/C16H17BrN4OS/c1-10(2)14-19-15(22-20-14)11(3)23-16-18-8-9-21(16)13-6-4-12(17)5-7-13/h4-11H,1-3H3/t11-/m1/s1. The van der Waals surface area contributed by atoms with Crippen molar-refractivity contribution in [2.24, 2.45) is 0 Å². The monoisotopic (exact) mass is 392 g/mol. The van der Waals surface area contributed by atoms with Crippen molar-refractivity contribution >= 4 is 27.7 Å². The van der Waals surface area contributed by atoms with Gasteiger partial charge in [0.25, 0.3) is 0 Å². The molecule has 2 aromatic heterocycles. The zero-order chi connectivity index (χ0) is 16.4. The van der Waals surface area contributed by atoms with Gasteiger partial charge in [-0.25, -0.2) is 4.98 Å². The van der Waals surface area contributed by atoms with Gasteiger partial charge in [-0.1, -0.05) is 46.7 Å². The fraction of sp³-hybridized carbons (Fsp3) is 0.312. The van der Waals surface area contributed by atoms with E-state index in [2.05, 4.69) is 31.1 Å². The number of benzene rings is 1. The number of imidazole rings is 1. The molecule has 23 heavy (non-hydrogen) atoms. The third kappa shape index (κ3) is 3.67. The molecule has 0 amide bonds. The summed E-state index contributed by atoms with van der Waals surface area (Å²) in [7, 11) is 0. The summed E-state index contributed by atoms with van der Waals surface area (Å²) < 4.78 is 8.47. The first-order chi connectivity index (χ1) is 11.0. The molecule has 1 aromatic carbocycles. The van der Waals surface area contributed by atoms with Gasteiger partial charge in [0.05, 0.1) is 5.25 Å². The summed E-state index contributed by atoms with van der Waals surface area (Å²) >= 11 is 5.05. The summed E-state index contributed by atoms with van der Waals surface area (Å²) in [4.78, 5) is 8.91. The molecule has 0 N–H and O–H groups in total. The van der Waals surface area contributed by atoms with Gasteiger partial charge in [-0.3, -0.25) is 4.57 Å². The van der Waals surface area contributed by atoms with Crippen LogP contribution in [0.2, 0.25) is 0 Å². The molecular weight excluding hydrogens is 376 g/mol. The van der Waals surface area contributed by atoms with Gasteiger partial charge >= 0.3 is 0 Å². The van der Waals surface area contributed by atoms with E-state index in [0.29, 0.717) is 5.89 Å². The Morgan fingerprint density at radius 2 is 1.91 bits per heavy atom. The second-order valence-electron chi connectivity index (χ2n) is 5.46. The normalized spacial score (nSPS) is 12.7. The minimum Gasteiger partial charge on any atom is -0.338 e. The van der Waals surface area contributed by atoms with E-state index >= 15 is 0 Å². The van der Waals surface area contributed by atoms with Crippen LogP contribution in [0.5, 0.6) is 0 Å². The SMILES string of the molecule is CC(C)c1noc([C@@H](C)Sc2nccn2-c2ccc(Br)cc2)n1. The Balaban J connectivity index is 1.80. The van der Waals surface area contributed by atoms with E-state index < -0.39 is 0 Å². The van der Waals surface area contributed by atoms with Gasteiger partial charge in [-0.2, -0.15) is 4.98 Å². The summed E-state index contributed by atoms with van der Waals surface area (Å²) in [6.45, 7) is 6.14. The summed E-state index contributed by atoms with van der Waals surface area (Å²) in [5, 5.41) is 4.95. The van der Waals surface area contributed by atoms with E-state index in [4.69, 9.17) is 4.52 Å². The van der Waals surface area contributed by atoms with Crippen LogP contribution in [0.3, 0.4) is 0 Å². The predicted octanol–water partition coefficient (Wildman–Crippen LogP) is 4.99. The largest absolute Gasteiger partial charge is 0.338 e. The number of hydrogen-bond donors (Lipinski definition) is 0. The number of hydrogen-bond acceptors (Lipinski definition) is 5. The predicted molar refractivity (Wildman–Crippen MR) is 93.9 cm³/mol. The molecule has 120 valence electrons. The Kier molecular flexibility index (Phi) is 4.87. The smallest absolute Gasteiger partial charge is 0.239 e. The fourth-order valence-corrected chi connectivity index (χ4v) is 3.21. The molecule has 1 atom stereocenters. The van der Waals surface area contributed by atoms with E-state index in [1.807, 2.05) is 55.8 Å². The fourth-order valence-electron chi connectivity index (χ4n) is 2.03. The molecule has 0 saturated heterocycles. The molecule has 0 aliphatic heterocycles. The summed E-state index contributed by atoms with van der Waals surface area (Å²) in [5.74, 6) is 1.63. The zero-order valence-corrected chi connectivity index (χ0v) is 15.5. The number of thioether (sulfide) groups is 1. The summed E-state index contributed by atoms with van der Waals surface area (Å²) in [5.41, 5.74) is 1.06. The highest BCUT2D eigenvalue weighted by molar-refractivity contribution is 9.10. The second kappa shape index (κ2) is 6.88. The van der Waals surface area contributed by atoms with Gasteiger partial charge < -0.3 is 4.52 Å². The Morgan fingerprint density at radius 3 is 2.57 bits per heavy atom.